The van der Waals surface area contributed by atoms with Crippen LogP contribution in [0.1, 0.15) is 135 Å². The second kappa shape index (κ2) is 46.9. The van der Waals surface area contributed by atoms with Crippen molar-refractivity contribution in [2.75, 3.05) is 114 Å². The van der Waals surface area contributed by atoms with E-state index in [1.807, 2.05) is 0 Å². The van der Waals surface area contributed by atoms with Gasteiger partial charge in [-0.1, -0.05) is 162 Å². The lowest BCUT2D eigenvalue weighted by Gasteiger charge is -2.30. The summed E-state index contributed by atoms with van der Waals surface area (Å²) in [5, 5.41) is 9.55. The third kappa shape index (κ3) is 27.1. The number of aromatic amines is 7. The van der Waals surface area contributed by atoms with Crippen LogP contribution in [0.5, 0.6) is 0 Å². The minimum Gasteiger partial charge on any atom is -0.361 e. The predicted octanol–water partition coefficient (Wildman–Crippen LogP) is 21.4. The van der Waals surface area contributed by atoms with Gasteiger partial charge in [-0.3, -0.25) is 4.90 Å². The smallest absolute Gasteiger partial charge is 0.0456 e. The van der Waals surface area contributed by atoms with E-state index in [9.17, 15) is 0 Å². The first-order chi connectivity index (χ1) is 54.2. The van der Waals surface area contributed by atoms with Crippen LogP contribution in [0.25, 0.3) is 76.3 Å². The van der Waals surface area contributed by atoms with Crippen LogP contribution in [-0.4, -0.2) is 207 Å². The summed E-state index contributed by atoms with van der Waals surface area (Å²) in [6.45, 7) is 42.7. The summed E-state index contributed by atoms with van der Waals surface area (Å²) in [5.74, 6) is 0. The monoisotopic (exact) mass is 1510 g/mol. The Morgan fingerprint density at radius 1 is 0.250 bits per heavy atom. The molecule has 0 radical (unpaired) electrons. The van der Waals surface area contributed by atoms with Gasteiger partial charge < -0.3 is 64.3 Å². The Hall–Kier alpha value is -8.96. The standard InChI is InChI=1S/C16H24N2.C15H22N2.3C14H20N2.C13H18N2.C12H16N2/c1-12(2)18(13(3)4)10-9-14-11-17-16-8-6-5-7-15(14)16;1-4-17(12(2)3)10-9-13-11-16-15-8-6-5-7-14(13)15;1-11(2)16(3)9-8-12-10-15-14-7-5-4-6-13(12)14;1-3-9-16(2)10-8-12-11-15-14-7-5-4-6-13(12)14;1-3-16(4-2)10-9-12-11-15-14-8-6-5-7-13(12)14;1-3-15(2)9-8-11-10-14-13-7-5-4-6-12(11)13;1-14(2)8-7-10-9-13-12-6-4-3-5-11(10)12/h5-8,11-13,17H,9-10H2,1-4H3;5-8,11-12,16H,4,9-10H2,1-3H3;4-7,10-11,15H,8-9H2,1-3H3;4-7,11,15H,3,8-10H2,1-2H3;5-8,11,15H,3-4,9-10H2,1-2H3;4-7,10,14H,3,8-9H2,1-2H3;3-6,9,13H,7-8H2,1-2H3. The zero-order valence-corrected chi connectivity index (χ0v) is 71.8. The molecule has 7 heterocycles. The molecule has 0 aliphatic rings. The summed E-state index contributed by atoms with van der Waals surface area (Å²) in [4.78, 5) is 40.1. The van der Waals surface area contributed by atoms with Crippen LogP contribution in [0, 0.1) is 0 Å². The molecule has 0 saturated heterocycles. The molecule has 0 amide bonds. The predicted molar refractivity (Wildman–Crippen MR) is 488 cm³/mol. The molecule has 14 nitrogen and oxygen atoms in total. The third-order valence-corrected chi connectivity index (χ3v) is 22.2. The third-order valence-electron chi connectivity index (χ3n) is 22.2. The lowest BCUT2D eigenvalue weighted by atomic mass is 10.1. The quantitative estimate of drug-likeness (QED) is 0.0230. The molecule has 14 aromatic rings. The lowest BCUT2D eigenvalue weighted by molar-refractivity contribution is 0.177. The highest BCUT2D eigenvalue weighted by Crippen LogP contribution is 2.25. The molecule has 0 unspecified atom stereocenters. The van der Waals surface area contributed by atoms with Gasteiger partial charge >= 0.3 is 0 Å². The van der Waals surface area contributed by atoms with E-state index in [1.54, 1.807) is 0 Å². The number of aromatic nitrogens is 7. The van der Waals surface area contributed by atoms with Gasteiger partial charge in [-0.25, -0.2) is 0 Å². The van der Waals surface area contributed by atoms with Gasteiger partial charge in [-0.05, 0) is 256 Å². The molecule has 602 valence electrons. The van der Waals surface area contributed by atoms with E-state index in [1.165, 1.54) is 128 Å². The van der Waals surface area contributed by atoms with Crippen LogP contribution in [-0.2, 0) is 44.9 Å². The highest BCUT2D eigenvalue weighted by atomic mass is 15.2. The van der Waals surface area contributed by atoms with Crippen LogP contribution >= 0.6 is 0 Å². The maximum Gasteiger partial charge on any atom is 0.0456 e. The summed E-state index contributed by atoms with van der Waals surface area (Å²) in [6, 6.07) is 62.0. The highest BCUT2D eigenvalue weighted by molar-refractivity contribution is 5.87. The van der Waals surface area contributed by atoms with Crippen molar-refractivity contribution in [2.45, 2.75) is 166 Å². The van der Waals surface area contributed by atoms with E-state index in [4.69, 9.17) is 0 Å². The van der Waals surface area contributed by atoms with Crippen LogP contribution < -0.4 is 0 Å². The summed E-state index contributed by atoms with van der Waals surface area (Å²) >= 11 is 0. The SMILES string of the molecule is CC(C)N(C)CCc1c[nH]c2ccccc12.CC(C)N(CCc1c[nH]c2ccccc12)C(C)C.CCCN(C)CCc1c[nH]c2ccccc12.CCN(C)CCc1c[nH]c2ccccc12.CCN(CC)CCc1c[nH]c2ccccc12.CCN(CCc1c[nH]c2ccccc12)C(C)C.CN(C)CCc1c[nH]c2ccccc12. The van der Waals surface area contributed by atoms with Gasteiger partial charge in [0.15, 0.2) is 0 Å². The number of H-pyrrole nitrogens is 7. The van der Waals surface area contributed by atoms with Crippen molar-refractivity contribution in [2.24, 2.45) is 0 Å². The van der Waals surface area contributed by atoms with Crippen molar-refractivity contribution < 1.29 is 0 Å². The summed E-state index contributed by atoms with van der Waals surface area (Å²) in [5.41, 5.74) is 18.7. The van der Waals surface area contributed by atoms with E-state index in [-0.39, 0.29) is 0 Å². The lowest BCUT2D eigenvalue weighted by Crippen LogP contribution is -2.38. The van der Waals surface area contributed by atoms with Crippen molar-refractivity contribution in [1.82, 2.24) is 69.2 Å². The maximum atomic E-state index is 3.35. The Balaban J connectivity index is 0.000000164. The molecule has 0 atom stereocenters. The van der Waals surface area contributed by atoms with Crippen LogP contribution in [0.2, 0.25) is 0 Å². The molecule has 14 heteroatoms. The molecule has 112 heavy (non-hydrogen) atoms. The fourth-order valence-corrected chi connectivity index (χ4v) is 14.8. The average molecular weight is 1510 g/mol. The summed E-state index contributed by atoms with van der Waals surface area (Å²) in [7, 11) is 10.7. The Labute approximate surface area is 673 Å². The van der Waals surface area contributed by atoms with Gasteiger partial charge in [0.25, 0.3) is 0 Å². The number of nitrogens with zero attached hydrogens (tertiary/aromatic N) is 7. The zero-order valence-electron chi connectivity index (χ0n) is 71.8. The van der Waals surface area contributed by atoms with Crippen molar-refractivity contribution in [3.05, 3.63) is 252 Å². The van der Waals surface area contributed by atoms with Gasteiger partial charge in [-0.15, -0.1) is 0 Å². The number of hydrogen-bond acceptors (Lipinski definition) is 7. The fourth-order valence-electron chi connectivity index (χ4n) is 14.8. The van der Waals surface area contributed by atoms with Crippen LogP contribution in [0.15, 0.2) is 213 Å². The molecule has 7 aromatic heterocycles. The molecule has 0 fully saturated rings. The minimum atomic E-state index is 0.607. The first-order valence-electron chi connectivity index (χ1n) is 42.0. The molecule has 0 saturated carbocycles. The maximum absolute atomic E-state index is 3.35. The van der Waals surface area contributed by atoms with Gasteiger partial charge in [0.2, 0.25) is 0 Å². The molecule has 0 aliphatic carbocycles. The van der Waals surface area contributed by atoms with Gasteiger partial charge in [0.05, 0.1) is 0 Å². The summed E-state index contributed by atoms with van der Waals surface area (Å²) in [6.07, 6.45) is 24.0. The van der Waals surface area contributed by atoms with Crippen molar-refractivity contribution >= 4 is 76.3 Å². The first kappa shape index (κ1) is 88.6. The number of fused-ring (bicyclic) bond motifs is 7. The molecule has 7 N–H and O–H groups in total. The number of hydrogen-bond donors (Lipinski definition) is 7. The zero-order chi connectivity index (χ0) is 80.3. The Bertz CT molecular complexity index is 4780. The molecular weight excluding hydrogens is 1370 g/mol. The van der Waals surface area contributed by atoms with E-state index in [2.05, 4.69) is 408 Å². The Kier molecular flexibility index (Phi) is 37.1. The second-order valence-electron chi connectivity index (χ2n) is 31.5. The number of likely N-dealkylation sites (N-methyl/N-ethyl adjacent to an activating group) is 6. The first-order valence-corrected chi connectivity index (χ1v) is 42.0. The molecule has 14 rings (SSSR count). The molecule has 0 aliphatic heterocycles. The van der Waals surface area contributed by atoms with Crippen LogP contribution in [0.4, 0.5) is 0 Å². The Morgan fingerprint density at radius 2 is 0.518 bits per heavy atom. The Morgan fingerprint density at radius 3 is 0.777 bits per heavy atom. The number of nitrogens with one attached hydrogen (secondary N) is 7. The minimum absolute atomic E-state index is 0.607. The fraction of sp³-hybridized carbons (Fsp3) is 0.429. The van der Waals surface area contributed by atoms with E-state index in [0.717, 1.165) is 117 Å². The van der Waals surface area contributed by atoms with Crippen molar-refractivity contribution in [1.29, 1.82) is 0 Å². The average Bonchev–Trinajstić information content (AvgIpc) is 1.73. The molecule has 0 bridgehead atoms. The number of rotatable bonds is 31. The van der Waals surface area contributed by atoms with Gasteiger partial charge in [0, 0.05) is 190 Å². The van der Waals surface area contributed by atoms with E-state index >= 15 is 0 Å². The van der Waals surface area contributed by atoms with Crippen LogP contribution in [0.3, 0.4) is 0 Å². The largest absolute Gasteiger partial charge is 0.361 e. The van der Waals surface area contributed by atoms with Crippen molar-refractivity contribution in [3.8, 4) is 0 Å². The number of para-hydroxylation sites is 7. The molecule has 0 spiro atoms. The van der Waals surface area contributed by atoms with Gasteiger partial charge in [0.1, 0.15) is 0 Å². The highest BCUT2D eigenvalue weighted by Gasteiger charge is 2.16. The molecular formula is C98H140N14. The van der Waals surface area contributed by atoms with E-state index < -0.39 is 0 Å². The van der Waals surface area contributed by atoms with Crippen molar-refractivity contribution in [3.63, 3.8) is 0 Å². The normalized spacial score (nSPS) is 11.7. The topological polar surface area (TPSA) is 133 Å². The van der Waals surface area contributed by atoms with Gasteiger partial charge in [-0.2, -0.15) is 0 Å². The second-order valence-corrected chi connectivity index (χ2v) is 31.5. The molecule has 7 aromatic carbocycles. The van der Waals surface area contributed by atoms with E-state index in [0.29, 0.717) is 24.2 Å². The number of benzene rings is 7. The summed E-state index contributed by atoms with van der Waals surface area (Å²) < 4.78 is 0.